The van der Waals surface area contributed by atoms with E-state index in [4.69, 9.17) is 0 Å². The van der Waals surface area contributed by atoms with E-state index in [1.807, 2.05) is 30.8 Å². The fourth-order valence-electron chi connectivity index (χ4n) is 1.95. The zero-order chi connectivity index (χ0) is 12.3. The molecule has 2 rings (SSSR count). The molecule has 0 bridgehead atoms. The molecule has 94 valence electrons. The van der Waals surface area contributed by atoms with Crippen LogP contribution in [0.15, 0.2) is 29.2 Å². The van der Waals surface area contributed by atoms with Crippen LogP contribution in [0.4, 0.5) is 0 Å². The lowest BCUT2D eigenvalue weighted by Crippen LogP contribution is -2.33. The van der Waals surface area contributed by atoms with Gasteiger partial charge in [0.15, 0.2) is 0 Å². The first kappa shape index (κ1) is 12.9. The van der Waals surface area contributed by atoms with Crippen LogP contribution >= 0.6 is 11.8 Å². The molecule has 1 aliphatic heterocycles. The largest absolute Gasteiger partial charge is 0.243 e. The summed E-state index contributed by atoms with van der Waals surface area (Å²) >= 11 is 1.83. The van der Waals surface area contributed by atoms with Gasteiger partial charge in [-0.15, -0.1) is 0 Å². The van der Waals surface area contributed by atoms with E-state index in [1.165, 1.54) is 0 Å². The molecule has 0 atom stereocenters. The molecule has 0 amide bonds. The van der Waals surface area contributed by atoms with Crippen molar-refractivity contribution < 1.29 is 8.42 Å². The lowest BCUT2D eigenvalue weighted by atomic mass is 10.2. The molecule has 0 N–H and O–H groups in total. The predicted octanol–water partition coefficient (Wildman–Crippen LogP) is 2.12. The molecule has 1 aromatic carbocycles. The summed E-state index contributed by atoms with van der Waals surface area (Å²) in [5.41, 5.74) is 0.824. The monoisotopic (exact) mass is 271 g/mol. The Hall–Kier alpha value is -0.520. The minimum atomic E-state index is -3.30. The highest BCUT2D eigenvalue weighted by molar-refractivity contribution is 7.99. The number of rotatable bonds is 2. The van der Waals surface area contributed by atoms with Crippen molar-refractivity contribution in [3.8, 4) is 0 Å². The SMILES string of the molecule is Cc1ccccc1S(=O)(=O)N1CCCSCC1. The molecule has 0 aliphatic carbocycles. The number of hydrogen-bond donors (Lipinski definition) is 0. The fraction of sp³-hybridized carbons (Fsp3) is 0.500. The van der Waals surface area contributed by atoms with Gasteiger partial charge >= 0.3 is 0 Å². The highest BCUT2D eigenvalue weighted by Gasteiger charge is 2.26. The molecule has 1 heterocycles. The maximum Gasteiger partial charge on any atom is 0.243 e. The fourth-order valence-corrected chi connectivity index (χ4v) is 4.66. The second kappa shape index (κ2) is 5.42. The van der Waals surface area contributed by atoms with E-state index in [1.54, 1.807) is 16.4 Å². The summed E-state index contributed by atoms with van der Waals surface area (Å²) in [7, 11) is -3.30. The van der Waals surface area contributed by atoms with Gasteiger partial charge in [0, 0.05) is 18.8 Å². The molecule has 0 aromatic heterocycles. The molecule has 1 fully saturated rings. The maximum atomic E-state index is 12.5. The van der Waals surface area contributed by atoms with Gasteiger partial charge in [-0.1, -0.05) is 18.2 Å². The first-order chi connectivity index (χ1) is 8.12. The minimum Gasteiger partial charge on any atom is -0.207 e. The predicted molar refractivity (Wildman–Crippen MR) is 71.9 cm³/mol. The summed E-state index contributed by atoms with van der Waals surface area (Å²) < 4.78 is 26.6. The maximum absolute atomic E-state index is 12.5. The number of benzene rings is 1. The zero-order valence-corrected chi connectivity index (χ0v) is 11.6. The first-order valence-corrected chi connectivity index (χ1v) is 8.35. The average molecular weight is 271 g/mol. The van der Waals surface area contributed by atoms with Crippen molar-refractivity contribution in [2.75, 3.05) is 24.6 Å². The topological polar surface area (TPSA) is 37.4 Å². The van der Waals surface area contributed by atoms with E-state index in [0.717, 1.165) is 23.5 Å². The van der Waals surface area contributed by atoms with Crippen LogP contribution in [0.25, 0.3) is 0 Å². The summed E-state index contributed by atoms with van der Waals surface area (Å²) in [6.07, 6.45) is 0.940. The molecular weight excluding hydrogens is 254 g/mol. The Morgan fingerprint density at radius 2 is 1.94 bits per heavy atom. The van der Waals surface area contributed by atoms with Crippen molar-refractivity contribution in [3.05, 3.63) is 29.8 Å². The van der Waals surface area contributed by atoms with Gasteiger partial charge in [0.25, 0.3) is 0 Å². The number of aryl methyl sites for hydroxylation is 1. The average Bonchev–Trinajstić information content (AvgIpc) is 2.58. The molecule has 0 spiro atoms. The first-order valence-electron chi connectivity index (χ1n) is 5.76. The summed E-state index contributed by atoms with van der Waals surface area (Å²) in [4.78, 5) is 0.451. The quantitative estimate of drug-likeness (QED) is 0.827. The third-order valence-corrected chi connectivity index (χ3v) is 6.00. The van der Waals surface area contributed by atoms with Crippen LogP contribution in [0.1, 0.15) is 12.0 Å². The van der Waals surface area contributed by atoms with Crippen molar-refractivity contribution in [1.82, 2.24) is 4.31 Å². The summed E-state index contributed by atoms with van der Waals surface area (Å²) in [6, 6.07) is 7.20. The Morgan fingerprint density at radius 3 is 2.71 bits per heavy atom. The van der Waals surface area contributed by atoms with Gasteiger partial charge in [-0.05, 0) is 30.7 Å². The Balaban J connectivity index is 2.32. The second-order valence-corrected chi connectivity index (χ2v) is 7.27. The van der Waals surface area contributed by atoms with Gasteiger partial charge in [0.1, 0.15) is 0 Å². The molecule has 0 radical (unpaired) electrons. The Bertz CT molecular complexity index is 477. The summed E-state index contributed by atoms with van der Waals surface area (Å²) in [6.45, 7) is 3.12. The van der Waals surface area contributed by atoms with E-state index in [0.29, 0.717) is 18.0 Å². The van der Waals surface area contributed by atoms with Gasteiger partial charge in [-0.3, -0.25) is 0 Å². The van der Waals surface area contributed by atoms with Crippen molar-refractivity contribution in [1.29, 1.82) is 0 Å². The third kappa shape index (κ3) is 2.84. The van der Waals surface area contributed by atoms with Gasteiger partial charge < -0.3 is 0 Å². The van der Waals surface area contributed by atoms with E-state index >= 15 is 0 Å². The Kier molecular flexibility index (Phi) is 4.12. The normalized spacial score (nSPS) is 18.9. The van der Waals surface area contributed by atoms with Crippen LogP contribution in [0, 0.1) is 6.92 Å². The number of nitrogens with zero attached hydrogens (tertiary/aromatic N) is 1. The molecule has 0 saturated carbocycles. The number of sulfonamides is 1. The smallest absolute Gasteiger partial charge is 0.207 e. The van der Waals surface area contributed by atoms with Crippen molar-refractivity contribution in [3.63, 3.8) is 0 Å². The molecule has 3 nitrogen and oxygen atoms in total. The number of hydrogen-bond acceptors (Lipinski definition) is 3. The van der Waals surface area contributed by atoms with Crippen LogP contribution in [-0.4, -0.2) is 37.3 Å². The molecule has 1 saturated heterocycles. The lowest BCUT2D eigenvalue weighted by Gasteiger charge is -2.20. The summed E-state index contributed by atoms with van der Waals surface area (Å²) in [5.74, 6) is 1.95. The molecule has 1 aliphatic rings. The van der Waals surface area contributed by atoms with Gasteiger partial charge in [0.05, 0.1) is 4.90 Å². The standard InChI is InChI=1S/C12H17NO2S2/c1-11-5-2-3-6-12(11)17(14,15)13-7-4-9-16-10-8-13/h2-3,5-6H,4,7-10H2,1H3. The van der Waals surface area contributed by atoms with E-state index < -0.39 is 10.0 Å². The molecular formula is C12H17NO2S2. The third-order valence-electron chi connectivity index (χ3n) is 2.89. The van der Waals surface area contributed by atoms with Crippen LogP contribution in [0.2, 0.25) is 0 Å². The van der Waals surface area contributed by atoms with E-state index in [2.05, 4.69) is 0 Å². The molecule has 1 aromatic rings. The number of thioether (sulfide) groups is 1. The lowest BCUT2D eigenvalue weighted by molar-refractivity contribution is 0.434. The molecule has 5 heteroatoms. The van der Waals surface area contributed by atoms with Crippen molar-refractivity contribution >= 4 is 21.8 Å². The Labute approximate surface area is 107 Å². The van der Waals surface area contributed by atoms with Crippen LogP contribution in [0.3, 0.4) is 0 Å². The van der Waals surface area contributed by atoms with Crippen LogP contribution in [-0.2, 0) is 10.0 Å². The van der Waals surface area contributed by atoms with Crippen LogP contribution < -0.4 is 0 Å². The highest BCUT2D eigenvalue weighted by Crippen LogP contribution is 2.22. The zero-order valence-electron chi connectivity index (χ0n) is 9.93. The van der Waals surface area contributed by atoms with Crippen LogP contribution in [0.5, 0.6) is 0 Å². The second-order valence-electron chi connectivity index (χ2n) is 4.14. The molecule has 0 unspecified atom stereocenters. The van der Waals surface area contributed by atoms with Crippen molar-refractivity contribution in [2.45, 2.75) is 18.2 Å². The minimum absolute atomic E-state index is 0.451. The van der Waals surface area contributed by atoms with E-state index in [9.17, 15) is 8.42 Å². The van der Waals surface area contributed by atoms with Gasteiger partial charge in [-0.25, -0.2) is 8.42 Å². The van der Waals surface area contributed by atoms with Gasteiger partial charge in [0.2, 0.25) is 10.0 Å². The van der Waals surface area contributed by atoms with E-state index in [-0.39, 0.29) is 0 Å². The Morgan fingerprint density at radius 1 is 1.18 bits per heavy atom. The van der Waals surface area contributed by atoms with Crippen molar-refractivity contribution in [2.24, 2.45) is 0 Å². The molecule has 17 heavy (non-hydrogen) atoms. The van der Waals surface area contributed by atoms with Gasteiger partial charge in [-0.2, -0.15) is 16.1 Å². The summed E-state index contributed by atoms with van der Waals surface area (Å²) in [5, 5.41) is 0. The highest BCUT2D eigenvalue weighted by atomic mass is 32.2.